The minimum atomic E-state index is -0.403. The fraction of sp³-hybridized carbons (Fsp3) is 0.600. The number of β-amino-alcohol motifs (C(OH)–C–C–N with tert-alkyl or cyclic N) is 1. The number of ether oxygens (including phenoxy) is 1. The lowest BCUT2D eigenvalue weighted by Crippen LogP contribution is -2.53. The van der Waals surface area contributed by atoms with Gasteiger partial charge in [-0.15, -0.1) is 0 Å². The first-order valence-electron chi connectivity index (χ1n) is 6.98. The minimum Gasteiger partial charge on any atom is -0.396 e. The summed E-state index contributed by atoms with van der Waals surface area (Å²) in [5.74, 6) is -0.257. The molecule has 5 heteroatoms. The fourth-order valence-corrected chi connectivity index (χ4v) is 3.17. The zero-order valence-electron chi connectivity index (χ0n) is 11.3. The molecule has 2 N–H and O–H groups in total. The Kier molecular flexibility index (Phi) is 3.77. The van der Waals surface area contributed by atoms with E-state index < -0.39 is 6.10 Å². The van der Waals surface area contributed by atoms with E-state index in [4.69, 9.17) is 4.74 Å². The van der Waals surface area contributed by atoms with E-state index in [1.54, 1.807) is 6.07 Å². The number of halogens is 1. The molecule has 0 aliphatic carbocycles. The highest BCUT2D eigenvalue weighted by Gasteiger charge is 2.43. The molecule has 0 unspecified atom stereocenters. The van der Waals surface area contributed by atoms with Crippen molar-refractivity contribution in [3.8, 4) is 0 Å². The topological polar surface area (TPSA) is 52.9 Å². The number of rotatable bonds is 4. The fourth-order valence-electron chi connectivity index (χ4n) is 3.17. The predicted molar refractivity (Wildman–Crippen MR) is 71.7 cm³/mol. The van der Waals surface area contributed by atoms with Crippen LogP contribution in [0.2, 0.25) is 0 Å². The van der Waals surface area contributed by atoms with Crippen LogP contribution < -0.4 is 0 Å². The highest BCUT2D eigenvalue weighted by Crippen LogP contribution is 2.37. The number of aliphatic hydroxyl groups is 2. The predicted octanol–water partition coefficient (Wildman–Crippen LogP) is 0.942. The van der Waals surface area contributed by atoms with Gasteiger partial charge in [0.05, 0.1) is 31.3 Å². The molecule has 1 aromatic carbocycles. The van der Waals surface area contributed by atoms with Crippen molar-refractivity contribution < 1.29 is 19.3 Å². The first kappa shape index (κ1) is 13.9. The minimum absolute atomic E-state index is 0.00438. The van der Waals surface area contributed by atoms with Gasteiger partial charge in [-0.2, -0.15) is 0 Å². The van der Waals surface area contributed by atoms with Gasteiger partial charge in [0.25, 0.3) is 0 Å². The van der Waals surface area contributed by atoms with Crippen LogP contribution in [0.25, 0.3) is 0 Å². The molecule has 1 aromatic rings. The summed E-state index contributed by atoms with van der Waals surface area (Å²) in [6.45, 7) is 2.40. The van der Waals surface area contributed by atoms with Gasteiger partial charge in [-0.1, -0.05) is 12.1 Å². The van der Waals surface area contributed by atoms with Crippen LogP contribution in [0.5, 0.6) is 0 Å². The Morgan fingerprint density at radius 1 is 1.40 bits per heavy atom. The lowest BCUT2D eigenvalue weighted by Gasteiger charge is -2.43. The highest BCUT2D eigenvalue weighted by molar-refractivity contribution is 5.22. The van der Waals surface area contributed by atoms with Crippen LogP contribution in [0.3, 0.4) is 0 Å². The normalized spacial score (nSPS) is 29.4. The zero-order chi connectivity index (χ0) is 14.2. The lowest BCUT2D eigenvalue weighted by atomic mass is 9.86. The number of aliphatic hydroxyl groups excluding tert-OH is 2. The molecule has 0 aromatic heterocycles. The Labute approximate surface area is 117 Å². The number of hydrogen-bond acceptors (Lipinski definition) is 4. The summed E-state index contributed by atoms with van der Waals surface area (Å²) in [5.41, 5.74) is 0.658. The van der Waals surface area contributed by atoms with Gasteiger partial charge < -0.3 is 14.9 Å². The van der Waals surface area contributed by atoms with Gasteiger partial charge in [-0.25, -0.2) is 4.39 Å². The van der Waals surface area contributed by atoms with E-state index in [2.05, 4.69) is 4.90 Å². The standard InChI is InChI=1S/C15H20FNO3/c16-12-3-1-2-11(4-12)14-5-13(19)6-17(14)7-15(8-18)9-20-10-15/h1-4,13-14,18-19H,5-10H2/t13-,14+/m0/s1. The summed E-state index contributed by atoms with van der Waals surface area (Å²) >= 11 is 0. The third kappa shape index (κ3) is 2.59. The molecule has 4 nitrogen and oxygen atoms in total. The maximum absolute atomic E-state index is 13.4. The molecule has 20 heavy (non-hydrogen) atoms. The van der Waals surface area contributed by atoms with Crippen molar-refractivity contribution in [3.63, 3.8) is 0 Å². The van der Waals surface area contributed by atoms with Gasteiger partial charge in [-0.3, -0.25) is 4.90 Å². The maximum Gasteiger partial charge on any atom is 0.123 e. The molecule has 110 valence electrons. The molecule has 2 heterocycles. The molecule has 2 atom stereocenters. The van der Waals surface area contributed by atoms with Gasteiger partial charge in [0.1, 0.15) is 5.82 Å². The Morgan fingerprint density at radius 2 is 2.20 bits per heavy atom. The van der Waals surface area contributed by atoms with Crippen LogP contribution in [-0.2, 0) is 4.74 Å². The van der Waals surface area contributed by atoms with Gasteiger partial charge in [0.15, 0.2) is 0 Å². The second-order valence-corrected chi connectivity index (χ2v) is 6.04. The number of nitrogens with zero attached hydrogens (tertiary/aromatic N) is 1. The first-order chi connectivity index (χ1) is 9.62. The molecule has 0 spiro atoms. The Morgan fingerprint density at radius 3 is 2.80 bits per heavy atom. The summed E-state index contributed by atoms with van der Waals surface area (Å²) in [7, 11) is 0. The van der Waals surface area contributed by atoms with E-state index in [0.717, 1.165) is 5.56 Å². The average molecular weight is 281 g/mol. The van der Waals surface area contributed by atoms with E-state index in [-0.39, 0.29) is 23.9 Å². The summed E-state index contributed by atoms with van der Waals surface area (Å²) in [5, 5.41) is 19.5. The van der Waals surface area contributed by atoms with E-state index in [0.29, 0.717) is 32.7 Å². The molecule has 0 saturated carbocycles. The Hall–Kier alpha value is -1.01. The van der Waals surface area contributed by atoms with Gasteiger partial charge in [0, 0.05) is 19.1 Å². The van der Waals surface area contributed by atoms with E-state index in [1.165, 1.54) is 12.1 Å². The van der Waals surface area contributed by atoms with E-state index >= 15 is 0 Å². The third-order valence-electron chi connectivity index (χ3n) is 4.31. The molecular formula is C15H20FNO3. The summed E-state index contributed by atoms with van der Waals surface area (Å²) < 4.78 is 18.6. The van der Waals surface area contributed by atoms with Crippen LogP contribution in [0.1, 0.15) is 18.0 Å². The van der Waals surface area contributed by atoms with Gasteiger partial charge in [-0.05, 0) is 24.1 Å². The van der Waals surface area contributed by atoms with Crippen molar-refractivity contribution in [2.45, 2.75) is 18.6 Å². The van der Waals surface area contributed by atoms with Crippen LogP contribution in [-0.4, -0.2) is 54.1 Å². The smallest absolute Gasteiger partial charge is 0.123 e. The van der Waals surface area contributed by atoms with Crippen LogP contribution in [0, 0.1) is 11.2 Å². The molecule has 3 rings (SSSR count). The Balaban J connectivity index is 1.78. The van der Waals surface area contributed by atoms with Crippen LogP contribution in [0.15, 0.2) is 24.3 Å². The largest absolute Gasteiger partial charge is 0.396 e. The molecule has 2 aliphatic heterocycles. The molecule has 2 fully saturated rings. The van der Waals surface area contributed by atoms with E-state index in [1.807, 2.05) is 6.07 Å². The highest BCUT2D eigenvalue weighted by atomic mass is 19.1. The molecular weight excluding hydrogens is 261 g/mol. The molecule has 2 aliphatic rings. The van der Waals surface area contributed by atoms with E-state index in [9.17, 15) is 14.6 Å². The first-order valence-corrected chi connectivity index (χ1v) is 6.98. The van der Waals surface area contributed by atoms with Gasteiger partial charge >= 0.3 is 0 Å². The average Bonchev–Trinajstić information content (AvgIpc) is 2.75. The molecule has 2 saturated heterocycles. The van der Waals surface area contributed by atoms with Gasteiger partial charge in [0.2, 0.25) is 0 Å². The summed E-state index contributed by atoms with van der Waals surface area (Å²) in [4.78, 5) is 2.14. The second kappa shape index (κ2) is 5.41. The van der Waals surface area contributed by atoms with Crippen molar-refractivity contribution in [2.75, 3.05) is 32.9 Å². The van der Waals surface area contributed by atoms with Crippen molar-refractivity contribution in [1.29, 1.82) is 0 Å². The van der Waals surface area contributed by atoms with Crippen molar-refractivity contribution in [1.82, 2.24) is 4.90 Å². The zero-order valence-corrected chi connectivity index (χ0v) is 11.3. The summed E-state index contributed by atoms with van der Waals surface area (Å²) in [6.07, 6.45) is 0.200. The molecule has 0 bridgehead atoms. The van der Waals surface area contributed by atoms with Crippen LogP contribution in [0.4, 0.5) is 4.39 Å². The maximum atomic E-state index is 13.4. The lowest BCUT2D eigenvalue weighted by molar-refractivity contribution is -0.150. The number of benzene rings is 1. The third-order valence-corrected chi connectivity index (χ3v) is 4.31. The van der Waals surface area contributed by atoms with Crippen molar-refractivity contribution >= 4 is 0 Å². The Bertz CT molecular complexity index is 472. The monoisotopic (exact) mass is 281 g/mol. The van der Waals surface area contributed by atoms with Crippen molar-refractivity contribution in [2.24, 2.45) is 5.41 Å². The summed E-state index contributed by atoms with van der Waals surface area (Å²) in [6, 6.07) is 6.54. The molecule has 0 radical (unpaired) electrons. The SMILES string of the molecule is OCC1(CN2C[C@@H](O)C[C@@H]2c2cccc(F)c2)COC1. The number of hydrogen-bond donors (Lipinski definition) is 2. The quantitative estimate of drug-likeness (QED) is 0.862. The molecule has 0 amide bonds. The second-order valence-electron chi connectivity index (χ2n) is 6.04. The van der Waals surface area contributed by atoms with Crippen LogP contribution >= 0.6 is 0 Å². The number of likely N-dealkylation sites (tertiary alicyclic amines) is 1. The van der Waals surface area contributed by atoms with Crippen molar-refractivity contribution in [3.05, 3.63) is 35.6 Å².